The Kier molecular flexibility index (Phi) is 3.91. The first-order valence-electron chi connectivity index (χ1n) is 11.3. The quantitative estimate of drug-likeness (QED) is 0.375. The van der Waals surface area contributed by atoms with Gasteiger partial charge in [-0.25, -0.2) is 4.57 Å². The van der Waals surface area contributed by atoms with Gasteiger partial charge in [-0.3, -0.25) is 4.98 Å². The Morgan fingerprint density at radius 1 is 0.897 bits per heavy atom. The van der Waals surface area contributed by atoms with Gasteiger partial charge in [0.2, 0.25) is 5.69 Å². The maximum Gasteiger partial charge on any atom is 0.213 e. The highest BCUT2D eigenvalue weighted by molar-refractivity contribution is 5.84. The van der Waals surface area contributed by atoms with Gasteiger partial charge >= 0.3 is 0 Å². The summed E-state index contributed by atoms with van der Waals surface area (Å²) >= 11 is 0. The topological polar surface area (TPSA) is 16.8 Å². The molecule has 0 unspecified atom stereocenters. The summed E-state index contributed by atoms with van der Waals surface area (Å²) in [6, 6.07) is 14.1. The third-order valence-electron chi connectivity index (χ3n) is 7.65. The highest BCUT2D eigenvalue weighted by atomic mass is 14.9. The first kappa shape index (κ1) is 17.4. The molecule has 0 radical (unpaired) electrons. The second-order valence-corrected chi connectivity index (χ2v) is 9.58. The number of hydrogen-bond donors (Lipinski definition) is 0. The van der Waals surface area contributed by atoms with Gasteiger partial charge in [0, 0.05) is 29.8 Å². The number of aryl methyl sites for hydroxylation is 2. The van der Waals surface area contributed by atoms with Crippen LogP contribution in [0.5, 0.6) is 0 Å². The van der Waals surface area contributed by atoms with Crippen molar-refractivity contribution in [3.05, 3.63) is 70.7 Å². The van der Waals surface area contributed by atoms with Gasteiger partial charge in [0.25, 0.3) is 0 Å². The van der Waals surface area contributed by atoms with Crippen molar-refractivity contribution in [2.45, 2.75) is 51.9 Å². The molecule has 3 aromatic rings. The number of pyridine rings is 2. The van der Waals surface area contributed by atoms with E-state index in [4.69, 9.17) is 4.98 Å². The third kappa shape index (κ3) is 2.84. The summed E-state index contributed by atoms with van der Waals surface area (Å²) in [5.74, 6) is 1.65. The molecule has 1 aromatic carbocycles. The van der Waals surface area contributed by atoms with E-state index < -0.39 is 0 Å². The van der Waals surface area contributed by atoms with E-state index >= 15 is 0 Å². The predicted octanol–water partition coefficient (Wildman–Crippen LogP) is 5.36. The molecule has 7 rings (SSSR count). The first-order valence-corrected chi connectivity index (χ1v) is 11.3. The van der Waals surface area contributed by atoms with Crippen molar-refractivity contribution in [3.8, 4) is 22.4 Å². The van der Waals surface area contributed by atoms with Gasteiger partial charge in [-0.05, 0) is 85.6 Å². The molecule has 146 valence electrons. The van der Waals surface area contributed by atoms with Crippen molar-refractivity contribution >= 4 is 0 Å². The molecular formula is C27H29N2+. The highest BCUT2D eigenvalue weighted by Gasteiger charge is 2.29. The highest BCUT2D eigenvalue weighted by Crippen LogP contribution is 2.43. The van der Waals surface area contributed by atoms with E-state index in [2.05, 4.69) is 61.1 Å². The van der Waals surface area contributed by atoms with E-state index in [0.29, 0.717) is 0 Å². The molecule has 2 aliphatic heterocycles. The Hall–Kier alpha value is -2.48. The van der Waals surface area contributed by atoms with Gasteiger partial charge in [0.15, 0.2) is 6.20 Å². The Bertz CT molecular complexity index is 1120. The summed E-state index contributed by atoms with van der Waals surface area (Å²) in [6.45, 7) is 2.26. The lowest BCUT2D eigenvalue weighted by Crippen LogP contribution is -2.31. The SMILES string of the molecule is Cc1ccc2c3c1-c1cc(cc[n+]1C)CC1CCC(CC1)Cc1ccc-2c(n1)C3. The minimum absolute atomic E-state index is 0.813. The molecule has 7 bridgehead atoms. The molecule has 4 aliphatic rings. The molecule has 0 saturated heterocycles. The molecule has 2 aliphatic carbocycles. The Morgan fingerprint density at radius 2 is 1.66 bits per heavy atom. The Morgan fingerprint density at radius 3 is 2.48 bits per heavy atom. The van der Waals surface area contributed by atoms with Crippen molar-refractivity contribution in [1.29, 1.82) is 0 Å². The Balaban J connectivity index is 1.59. The van der Waals surface area contributed by atoms with E-state index in [1.165, 1.54) is 82.6 Å². The van der Waals surface area contributed by atoms with Crippen LogP contribution < -0.4 is 4.57 Å². The van der Waals surface area contributed by atoms with Crippen LogP contribution in [0.1, 0.15) is 53.8 Å². The molecule has 2 aromatic heterocycles. The van der Waals surface area contributed by atoms with E-state index in [9.17, 15) is 0 Å². The second kappa shape index (κ2) is 6.52. The van der Waals surface area contributed by atoms with E-state index in [1.54, 1.807) is 0 Å². The summed E-state index contributed by atoms with van der Waals surface area (Å²) in [5.41, 5.74) is 12.4. The summed E-state index contributed by atoms with van der Waals surface area (Å²) < 4.78 is 2.31. The maximum absolute atomic E-state index is 5.17. The van der Waals surface area contributed by atoms with Gasteiger partial charge in [-0.15, -0.1) is 0 Å². The van der Waals surface area contributed by atoms with E-state index in [1.807, 2.05) is 0 Å². The molecule has 0 amide bonds. The number of nitrogens with zero attached hydrogens (tertiary/aromatic N) is 2. The first-order chi connectivity index (χ1) is 14.2. The maximum atomic E-state index is 5.17. The van der Waals surface area contributed by atoms with E-state index in [-0.39, 0.29) is 0 Å². The van der Waals surface area contributed by atoms with Crippen molar-refractivity contribution in [2.24, 2.45) is 18.9 Å². The fraction of sp³-hybridized carbons (Fsp3) is 0.407. The largest absolute Gasteiger partial charge is 0.257 e. The van der Waals surface area contributed by atoms with Crippen molar-refractivity contribution < 1.29 is 4.57 Å². The van der Waals surface area contributed by atoms with Crippen LogP contribution in [0.15, 0.2) is 42.6 Å². The van der Waals surface area contributed by atoms with Crippen LogP contribution in [-0.2, 0) is 26.3 Å². The normalized spacial score (nSPS) is 21.9. The zero-order valence-electron chi connectivity index (χ0n) is 17.5. The standard InChI is InChI=1S/C27H29N2/c1-17-3-9-22-23-10-8-21-14-19-6-4-18(5-7-19)13-20-11-12-29(2)26(15-20)27(17)24(22)16-25(23)28-21/h3,8-12,15,18-19H,4-7,13-14,16H2,1-2H3/q+1. The van der Waals surface area contributed by atoms with Crippen LogP contribution in [-0.4, -0.2) is 4.98 Å². The minimum Gasteiger partial charge on any atom is -0.257 e. The fourth-order valence-electron chi connectivity index (χ4n) is 6.02. The van der Waals surface area contributed by atoms with Crippen LogP contribution in [0.4, 0.5) is 0 Å². The number of aromatic nitrogens is 2. The summed E-state index contributed by atoms with van der Waals surface area (Å²) in [4.78, 5) is 5.17. The molecular weight excluding hydrogens is 352 g/mol. The summed E-state index contributed by atoms with van der Waals surface area (Å²) in [7, 11) is 2.19. The molecule has 0 atom stereocenters. The molecule has 2 heteroatoms. The molecule has 1 fully saturated rings. The second-order valence-electron chi connectivity index (χ2n) is 9.58. The fourth-order valence-corrected chi connectivity index (χ4v) is 6.02. The zero-order chi connectivity index (χ0) is 19.5. The van der Waals surface area contributed by atoms with Crippen LogP contribution in [0.25, 0.3) is 22.4 Å². The summed E-state index contributed by atoms with van der Waals surface area (Å²) in [6.07, 6.45) is 11.1. The third-order valence-corrected chi connectivity index (χ3v) is 7.65. The van der Waals surface area contributed by atoms with Gasteiger partial charge < -0.3 is 0 Å². The number of rotatable bonds is 0. The van der Waals surface area contributed by atoms with Crippen LogP contribution in [0, 0.1) is 18.8 Å². The molecule has 2 nitrogen and oxygen atoms in total. The average molecular weight is 382 g/mol. The molecule has 4 heterocycles. The van der Waals surface area contributed by atoms with Crippen molar-refractivity contribution in [1.82, 2.24) is 4.98 Å². The van der Waals surface area contributed by atoms with Crippen LogP contribution in [0.2, 0.25) is 0 Å². The van der Waals surface area contributed by atoms with Gasteiger partial charge in [-0.2, -0.15) is 0 Å². The number of benzene rings is 1. The molecule has 29 heavy (non-hydrogen) atoms. The minimum atomic E-state index is 0.813. The van der Waals surface area contributed by atoms with Gasteiger partial charge in [0.05, 0.1) is 11.3 Å². The smallest absolute Gasteiger partial charge is 0.213 e. The van der Waals surface area contributed by atoms with Gasteiger partial charge in [0.1, 0.15) is 7.05 Å². The lowest BCUT2D eigenvalue weighted by molar-refractivity contribution is -0.660. The Labute approximate surface area is 173 Å². The molecule has 1 saturated carbocycles. The monoisotopic (exact) mass is 381 g/mol. The lowest BCUT2D eigenvalue weighted by atomic mass is 9.77. The lowest BCUT2D eigenvalue weighted by Gasteiger charge is -2.28. The van der Waals surface area contributed by atoms with E-state index in [0.717, 1.165) is 24.7 Å². The zero-order valence-corrected chi connectivity index (χ0v) is 17.5. The van der Waals surface area contributed by atoms with Crippen LogP contribution in [0.3, 0.4) is 0 Å². The average Bonchev–Trinajstić information content (AvgIpc) is 3.08. The predicted molar refractivity (Wildman–Crippen MR) is 117 cm³/mol. The molecule has 0 N–H and O–H groups in total. The van der Waals surface area contributed by atoms with Crippen molar-refractivity contribution in [3.63, 3.8) is 0 Å². The molecule has 0 spiro atoms. The number of hydrogen-bond acceptors (Lipinski definition) is 1. The van der Waals surface area contributed by atoms with Crippen molar-refractivity contribution in [2.75, 3.05) is 0 Å². The van der Waals surface area contributed by atoms with Crippen LogP contribution >= 0.6 is 0 Å². The summed E-state index contributed by atoms with van der Waals surface area (Å²) in [5, 5.41) is 0. The van der Waals surface area contributed by atoms with Gasteiger partial charge in [-0.1, -0.05) is 18.2 Å². The number of fused-ring (bicyclic) bond motifs is 3.